The molecule has 0 bridgehead atoms. The van der Waals surface area contributed by atoms with Crippen LogP contribution in [0.2, 0.25) is 19.6 Å². The Morgan fingerprint density at radius 2 is 1.29 bits per heavy atom. The molecular formula is C26H30OSi. The van der Waals surface area contributed by atoms with Gasteiger partial charge < -0.3 is 4.74 Å². The lowest BCUT2D eigenvalue weighted by Crippen LogP contribution is -2.34. The van der Waals surface area contributed by atoms with Gasteiger partial charge in [0.05, 0.1) is 19.9 Å². The van der Waals surface area contributed by atoms with Crippen LogP contribution in [0.5, 0.6) is 0 Å². The summed E-state index contributed by atoms with van der Waals surface area (Å²) in [5, 5.41) is 0. The van der Waals surface area contributed by atoms with Crippen molar-refractivity contribution in [1.29, 1.82) is 0 Å². The van der Waals surface area contributed by atoms with Crippen molar-refractivity contribution in [2.24, 2.45) is 0 Å². The molecule has 0 aromatic heterocycles. The lowest BCUT2D eigenvalue weighted by Gasteiger charge is -2.33. The summed E-state index contributed by atoms with van der Waals surface area (Å²) in [6.45, 7) is 11.1. The monoisotopic (exact) mass is 386 g/mol. The minimum absolute atomic E-state index is 0.0317. The number of hydrogen-bond acceptors (Lipinski definition) is 1. The van der Waals surface area contributed by atoms with E-state index in [0.29, 0.717) is 0 Å². The minimum Gasteiger partial charge on any atom is -0.369 e. The molecule has 0 saturated heterocycles. The Morgan fingerprint density at radius 3 is 1.82 bits per heavy atom. The second kappa shape index (κ2) is 9.18. The van der Waals surface area contributed by atoms with Crippen molar-refractivity contribution in [2.45, 2.75) is 37.9 Å². The molecule has 0 heterocycles. The number of ether oxygens (including phenoxy) is 1. The molecule has 3 aromatic carbocycles. The van der Waals surface area contributed by atoms with Crippen LogP contribution in [0.4, 0.5) is 0 Å². The Morgan fingerprint density at radius 1 is 0.750 bits per heavy atom. The van der Waals surface area contributed by atoms with Crippen LogP contribution in [0.3, 0.4) is 0 Å². The number of hydrogen-bond donors (Lipinski definition) is 0. The van der Waals surface area contributed by atoms with Gasteiger partial charge in [-0.2, -0.15) is 0 Å². The second-order valence-electron chi connectivity index (χ2n) is 8.29. The lowest BCUT2D eigenvalue weighted by molar-refractivity contribution is 0.0248. The molecule has 3 aromatic rings. The maximum atomic E-state index is 6.76. The highest BCUT2D eigenvalue weighted by molar-refractivity contribution is 6.77. The van der Waals surface area contributed by atoms with Gasteiger partial charge in [-0.25, -0.2) is 0 Å². The van der Waals surface area contributed by atoms with E-state index in [2.05, 4.69) is 105 Å². The summed E-state index contributed by atoms with van der Waals surface area (Å²) >= 11 is 0. The Hall–Kier alpha value is -2.42. The van der Waals surface area contributed by atoms with E-state index in [1.165, 1.54) is 22.3 Å². The van der Waals surface area contributed by atoms with Crippen molar-refractivity contribution >= 4 is 8.07 Å². The lowest BCUT2D eigenvalue weighted by atomic mass is 10.0. The summed E-state index contributed by atoms with van der Waals surface area (Å²) in [6, 6.07) is 29.9. The molecule has 0 radical (unpaired) electrons. The Kier molecular flexibility index (Phi) is 6.66. The Balaban J connectivity index is 1.89. The van der Waals surface area contributed by atoms with Crippen molar-refractivity contribution in [2.75, 3.05) is 0 Å². The summed E-state index contributed by atoms with van der Waals surface area (Å²) in [5.74, 6) is 0. The smallest absolute Gasteiger partial charge is 0.0863 e. The topological polar surface area (TPSA) is 9.23 Å². The summed E-state index contributed by atoms with van der Waals surface area (Å²) in [6.07, 6.45) is 2.80. The molecule has 144 valence electrons. The highest BCUT2D eigenvalue weighted by Gasteiger charge is 2.31. The van der Waals surface area contributed by atoms with E-state index < -0.39 is 8.07 Å². The van der Waals surface area contributed by atoms with E-state index in [0.717, 1.165) is 6.42 Å². The molecule has 0 aliphatic carbocycles. The minimum atomic E-state index is -1.61. The zero-order valence-electron chi connectivity index (χ0n) is 17.1. The van der Waals surface area contributed by atoms with Crippen LogP contribution in [0, 0.1) is 0 Å². The third-order valence-electron chi connectivity index (χ3n) is 4.96. The zero-order chi connectivity index (χ0) is 20.0. The van der Waals surface area contributed by atoms with Crippen LogP contribution >= 0.6 is 0 Å². The second-order valence-corrected chi connectivity index (χ2v) is 13.6. The number of rotatable bonds is 8. The molecule has 28 heavy (non-hydrogen) atoms. The summed E-state index contributed by atoms with van der Waals surface area (Å²) in [5.41, 5.74) is 5.09. The van der Waals surface area contributed by atoms with Gasteiger partial charge in [0, 0.05) is 0 Å². The molecule has 0 N–H and O–H groups in total. The fourth-order valence-electron chi connectivity index (χ4n) is 3.52. The van der Waals surface area contributed by atoms with Crippen molar-refractivity contribution in [3.05, 3.63) is 109 Å². The first kappa shape index (κ1) is 20.3. The maximum Gasteiger partial charge on any atom is 0.0863 e. The normalized spacial score (nSPS) is 13.7. The van der Waals surface area contributed by atoms with Gasteiger partial charge in [0.15, 0.2) is 0 Å². The predicted molar refractivity (Wildman–Crippen MR) is 123 cm³/mol. The summed E-state index contributed by atoms with van der Waals surface area (Å²) in [4.78, 5) is 0. The molecule has 3 rings (SSSR count). The molecule has 0 unspecified atom stereocenters. The SMILES string of the molecule is C=CC[C@H](O[C@H](c1ccc(-c2ccccc2)cc1)[Si](C)(C)C)c1ccccc1. The van der Waals surface area contributed by atoms with E-state index in [1.54, 1.807) is 0 Å². The van der Waals surface area contributed by atoms with Crippen LogP contribution in [0.1, 0.15) is 29.4 Å². The van der Waals surface area contributed by atoms with Crippen LogP contribution in [-0.2, 0) is 4.74 Å². The Labute approximate surface area is 170 Å². The van der Waals surface area contributed by atoms with E-state index in [1.807, 2.05) is 12.1 Å². The van der Waals surface area contributed by atoms with Crippen LogP contribution < -0.4 is 0 Å². The van der Waals surface area contributed by atoms with Gasteiger partial charge in [-0.15, -0.1) is 6.58 Å². The van der Waals surface area contributed by atoms with Crippen LogP contribution in [-0.4, -0.2) is 8.07 Å². The van der Waals surface area contributed by atoms with E-state index in [9.17, 15) is 0 Å². The first-order chi connectivity index (χ1) is 13.5. The van der Waals surface area contributed by atoms with E-state index >= 15 is 0 Å². The fourth-order valence-corrected chi connectivity index (χ4v) is 5.28. The van der Waals surface area contributed by atoms with Gasteiger partial charge in [0.2, 0.25) is 0 Å². The highest BCUT2D eigenvalue weighted by Crippen LogP contribution is 2.36. The first-order valence-corrected chi connectivity index (χ1v) is 13.5. The van der Waals surface area contributed by atoms with Gasteiger partial charge in [-0.05, 0) is 28.7 Å². The number of benzene rings is 3. The molecule has 0 aliphatic heterocycles. The van der Waals surface area contributed by atoms with Gasteiger partial charge >= 0.3 is 0 Å². The molecule has 0 fully saturated rings. The molecule has 2 heteroatoms. The van der Waals surface area contributed by atoms with Gasteiger partial charge in [-0.1, -0.05) is 111 Å². The largest absolute Gasteiger partial charge is 0.369 e. The van der Waals surface area contributed by atoms with Crippen molar-refractivity contribution in [3.63, 3.8) is 0 Å². The van der Waals surface area contributed by atoms with Gasteiger partial charge in [-0.3, -0.25) is 0 Å². The van der Waals surface area contributed by atoms with E-state index in [-0.39, 0.29) is 11.8 Å². The van der Waals surface area contributed by atoms with Crippen molar-refractivity contribution in [3.8, 4) is 11.1 Å². The van der Waals surface area contributed by atoms with Crippen molar-refractivity contribution in [1.82, 2.24) is 0 Å². The quantitative estimate of drug-likeness (QED) is 0.286. The third-order valence-corrected chi connectivity index (χ3v) is 7.00. The average molecular weight is 387 g/mol. The molecule has 2 atom stereocenters. The maximum absolute atomic E-state index is 6.76. The highest BCUT2D eigenvalue weighted by atomic mass is 28.3. The van der Waals surface area contributed by atoms with Gasteiger partial charge in [0.1, 0.15) is 0 Å². The van der Waals surface area contributed by atoms with E-state index in [4.69, 9.17) is 4.74 Å². The summed E-state index contributed by atoms with van der Waals surface area (Å²) in [7, 11) is -1.61. The standard InChI is InChI=1S/C26H30OSi/c1-5-12-25(23-15-10-7-11-16-23)27-26(28(2,3)4)24-19-17-22(18-20-24)21-13-8-6-9-14-21/h5-11,13-20,25-26H,1,12H2,2-4H3/t25-,26-/m0/s1. The predicted octanol–water partition coefficient (Wildman–Crippen LogP) is 7.61. The molecular weight excluding hydrogens is 356 g/mol. The average Bonchev–Trinajstić information content (AvgIpc) is 2.72. The molecule has 0 spiro atoms. The zero-order valence-corrected chi connectivity index (χ0v) is 18.1. The van der Waals surface area contributed by atoms with Crippen LogP contribution in [0.25, 0.3) is 11.1 Å². The van der Waals surface area contributed by atoms with Crippen LogP contribution in [0.15, 0.2) is 97.6 Å². The molecule has 0 aliphatic rings. The third kappa shape index (κ3) is 5.09. The first-order valence-electron chi connectivity index (χ1n) is 9.95. The molecule has 0 amide bonds. The Bertz CT molecular complexity index is 864. The molecule has 0 saturated carbocycles. The van der Waals surface area contributed by atoms with Gasteiger partial charge in [0.25, 0.3) is 0 Å². The van der Waals surface area contributed by atoms with Crippen molar-refractivity contribution < 1.29 is 4.74 Å². The molecule has 1 nitrogen and oxygen atoms in total. The summed E-state index contributed by atoms with van der Waals surface area (Å²) < 4.78 is 6.76. The fraction of sp³-hybridized carbons (Fsp3) is 0.231.